The lowest BCUT2D eigenvalue weighted by Crippen LogP contribution is -2.39. The molecule has 3 aromatic rings. The predicted molar refractivity (Wildman–Crippen MR) is 116 cm³/mol. The molecular weight excluding hydrogens is 401 g/mol. The van der Waals surface area contributed by atoms with E-state index in [0.717, 1.165) is 5.76 Å². The fraction of sp³-hybridized carbons (Fsp3) is 0.348. The highest BCUT2D eigenvalue weighted by Gasteiger charge is 2.35. The quantitative estimate of drug-likeness (QED) is 0.533. The largest absolute Gasteiger partial charge is 0.464 e. The van der Waals surface area contributed by atoms with Gasteiger partial charge in [-0.25, -0.2) is 4.39 Å². The van der Waals surface area contributed by atoms with Gasteiger partial charge in [0.2, 0.25) is 0 Å². The highest BCUT2D eigenvalue weighted by Crippen LogP contribution is 2.39. The van der Waals surface area contributed by atoms with Crippen LogP contribution < -0.4 is 26.8 Å². The maximum absolute atomic E-state index is 14.6. The van der Waals surface area contributed by atoms with Gasteiger partial charge in [-0.3, -0.25) is 14.4 Å². The summed E-state index contributed by atoms with van der Waals surface area (Å²) in [6.45, 7) is 9.51. The molecule has 0 fully saturated rings. The molecule has 1 amide bonds. The molecule has 162 valence electrons. The van der Waals surface area contributed by atoms with Gasteiger partial charge in [0.1, 0.15) is 28.7 Å². The molecule has 1 aromatic heterocycles. The summed E-state index contributed by atoms with van der Waals surface area (Å²) in [7, 11) is 0. The zero-order valence-corrected chi connectivity index (χ0v) is 18.0. The zero-order valence-electron chi connectivity index (χ0n) is 18.0. The number of fused-ring (bicyclic) bond motifs is 1. The van der Waals surface area contributed by atoms with Gasteiger partial charge in [0.05, 0.1) is 23.3 Å². The topological polar surface area (TPSA) is 100 Å². The van der Waals surface area contributed by atoms with E-state index in [1.807, 2.05) is 39.8 Å². The van der Waals surface area contributed by atoms with E-state index >= 15 is 0 Å². The van der Waals surface area contributed by atoms with Crippen molar-refractivity contribution in [3.05, 3.63) is 73.2 Å². The Morgan fingerprint density at radius 1 is 1.03 bits per heavy atom. The Morgan fingerprint density at radius 3 is 2.32 bits per heavy atom. The van der Waals surface area contributed by atoms with Crippen LogP contribution in [0.25, 0.3) is 0 Å². The van der Waals surface area contributed by atoms with Gasteiger partial charge in [0.15, 0.2) is 0 Å². The van der Waals surface area contributed by atoms with Crippen molar-refractivity contribution in [2.24, 2.45) is 5.41 Å². The van der Waals surface area contributed by atoms with Crippen molar-refractivity contribution >= 4 is 23.0 Å². The van der Waals surface area contributed by atoms with Crippen LogP contribution in [0.3, 0.4) is 0 Å². The molecule has 2 aromatic carbocycles. The fourth-order valence-electron chi connectivity index (χ4n) is 3.91. The van der Waals surface area contributed by atoms with Crippen molar-refractivity contribution in [1.82, 2.24) is 5.32 Å². The maximum atomic E-state index is 14.6. The molecule has 0 bridgehead atoms. The second-order valence-electron chi connectivity index (χ2n) is 9.01. The van der Waals surface area contributed by atoms with Crippen molar-refractivity contribution in [2.75, 3.05) is 10.6 Å². The van der Waals surface area contributed by atoms with Gasteiger partial charge in [-0.15, -0.1) is 0 Å². The summed E-state index contributed by atoms with van der Waals surface area (Å²) in [5.41, 5.74) is -1.21. The molecule has 1 unspecified atom stereocenters. The molecular formula is C23H24FN3O4. The van der Waals surface area contributed by atoms with Gasteiger partial charge >= 0.3 is 0 Å². The molecule has 8 heteroatoms. The van der Waals surface area contributed by atoms with E-state index in [1.165, 1.54) is 12.1 Å². The summed E-state index contributed by atoms with van der Waals surface area (Å²) >= 11 is 0. The number of benzene rings is 1. The molecule has 1 aliphatic heterocycles. The Bertz CT molecular complexity index is 1260. The second-order valence-corrected chi connectivity index (χ2v) is 9.01. The molecule has 0 aliphatic carbocycles. The zero-order chi connectivity index (χ0) is 22.7. The lowest BCUT2D eigenvalue weighted by molar-refractivity contribution is 0.0959. The van der Waals surface area contributed by atoms with E-state index in [4.69, 9.17) is 4.42 Å². The average molecular weight is 425 g/mol. The molecule has 31 heavy (non-hydrogen) atoms. The standard InChI is InChI=1S/C23H24FN3O4/c1-10-6-9-14(31-10)21(23(3,4)5)27-18-17(19(28)20(18)29)26-16-13(24)8-7-12-11(2)25-22(30)15(12)16/h6-9,11,21,26-27H,1-5H3,(H,25,30)/t11-,21?/m1/s1. The van der Waals surface area contributed by atoms with Crippen molar-refractivity contribution in [3.63, 3.8) is 0 Å². The third-order valence-corrected chi connectivity index (χ3v) is 5.59. The second kappa shape index (κ2) is 7.08. The SMILES string of the molecule is Cc1ccc(C(Nc2c(Nc3c(F)ccc4c3C(=O)N[C@@H]4C)c(=O)c2=O)C(C)(C)C)o1. The molecule has 0 spiro atoms. The number of hydrogen-bond acceptors (Lipinski definition) is 6. The van der Waals surface area contributed by atoms with Gasteiger partial charge in [-0.05, 0) is 43.0 Å². The van der Waals surface area contributed by atoms with Gasteiger partial charge in [0, 0.05) is 0 Å². The molecule has 1 aliphatic rings. The van der Waals surface area contributed by atoms with Gasteiger partial charge in [0.25, 0.3) is 16.8 Å². The number of nitrogens with one attached hydrogen (secondary N) is 3. The fourth-order valence-corrected chi connectivity index (χ4v) is 3.91. The Hall–Kier alpha value is -3.42. The number of aryl methyl sites for hydroxylation is 1. The van der Waals surface area contributed by atoms with E-state index in [1.54, 1.807) is 6.92 Å². The number of hydrogen-bond donors (Lipinski definition) is 3. The minimum Gasteiger partial charge on any atom is -0.464 e. The first-order valence-corrected chi connectivity index (χ1v) is 10.1. The van der Waals surface area contributed by atoms with Gasteiger partial charge in [-0.1, -0.05) is 26.8 Å². The van der Waals surface area contributed by atoms with Crippen molar-refractivity contribution in [1.29, 1.82) is 0 Å². The molecule has 0 radical (unpaired) electrons. The summed E-state index contributed by atoms with van der Waals surface area (Å²) in [5, 5.41) is 8.56. The first-order chi connectivity index (χ1) is 14.5. The third-order valence-electron chi connectivity index (χ3n) is 5.59. The molecule has 4 rings (SSSR count). The summed E-state index contributed by atoms with van der Waals surface area (Å²) in [4.78, 5) is 37.1. The number of rotatable bonds is 5. The number of anilines is 3. The van der Waals surface area contributed by atoms with Crippen molar-refractivity contribution in [2.45, 2.75) is 46.7 Å². The summed E-state index contributed by atoms with van der Waals surface area (Å²) < 4.78 is 20.4. The first-order valence-electron chi connectivity index (χ1n) is 10.1. The molecule has 0 saturated carbocycles. The van der Waals surface area contributed by atoms with Crippen LogP contribution in [-0.2, 0) is 0 Å². The number of amides is 1. The Kier molecular flexibility index (Phi) is 4.76. The van der Waals surface area contributed by atoms with Gasteiger partial charge < -0.3 is 20.4 Å². The Labute approximate surface area is 178 Å². The Morgan fingerprint density at radius 2 is 1.71 bits per heavy atom. The van der Waals surface area contributed by atoms with Crippen molar-refractivity contribution < 1.29 is 13.6 Å². The lowest BCUT2D eigenvalue weighted by Gasteiger charge is -2.31. The average Bonchev–Trinajstić information content (AvgIpc) is 3.23. The van der Waals surface area contributed by atoms with Crippen LogP contribution in [0, 0.1) is 18.2 Å². The molecule has 2 atom stereocenters. The van der Waals surface area contributed by atoms with Crippen LogP contribution in [0.1, 0.15) is 67.2 Å². The monoisotopic (exact) mass is 425 g/mol. The summed E-state index contributed by atoms with van der Waals surface area (Å²) in [6, 6.07) is 5.71. The molecule has 7 nitrogen and oxygen atoms in total. The highest BCUT2D eigenvalue weighted by atomic mass is 19.1. The number of carbonyl (C=O) groups is 1. The van der Waals surface area contributed by atoms with Crippen LogP contribution in [0.15, 0.2) is 38.3 Å². The Balaban J connectivity index is 1.73. The van der Waals surface area contributed by atoms with Crippen LogP contribution in [0.4, 0.5) is 21.5 Å². The highest BCUT2D eigenvalue weighted by molar-refractivity contribution is 6.05. The predicted octanol–water partition coefficient (Wildman–Crippen LogP) is 4.07. The minimum absolute atomic E-state index is 0.0439. The third kappa shape index (κ3) is 3.41. The van der Waals surface area contributed by atoms with E-state index in [-0.39, 0.29) is 34.1 Å². The number of carbonyl (C=O) groups excluding carboxylic acids is 1. The number of halogens is 1. The van der Waals surface area contributed by atoms with E-state index in [0.29, 0.717) is 11.3 Å². The van der Waals surface area contributed by atoms with Crippen LogP contribution in [0.2, 0.25) is 0 Å². The van der Waals surface area contributed by atoms with Crippen LogP contribution >= 0.6 is 0 Å². The molecule has 3 N–H and O–H groups in total. The number of furan rings is 1. The lowest BCUT2D eigenvalue weighted by atomic mass is 9.85. The molecule has 2 heterocycles. The van der Waals surface area contributed by atoms with E-state index in [9.17, 15) is 18.8 Å². The van der Waals surface area contributed by atoms with Gasteiger partial charge in [-0.2, -0.15) is 0 Å². The normalized spacial score (nSPS) is 16.8. The molecule has 0 saturated heterocycles. The minimum atomic E-state index is -0.769. The maximum Gasteiger partial charge on any atom is 0.254 e. The van der Waals surface area contributed by atoms with Crippen molar-refractivity contribution in [3.8, 4) is 0 Å². The van der Waals surface area contributed by atoms with Crippen LogP contribution in [-0.4, -0.2) is 5.91 Å². The smallest absolute Gasteiger partial charge is 0.254 e. The van der Waals surface area contributed by atoms with E-state index in [2.05, 4.69) is 16.0 Å². The first kappa shape index (κ1) is 20.8. The van der Waals surface area contributed by atoms with E-state index < -0.39 is 28.6 Å². The summed E-state index contributed by atoms with van der Waals surface area (Å²) in [6.07, 6.45) is 0. The van der Waals surface area contributed by atoms with Crippen LogP contribution in [0.5, 0.6) is 0 Å². The summed E-state index contributed by atoms with van der Waals surface area (Å²) in [5.74, 6) is 0.216.